The number of amides is 2. The molecule has 0 atom stereocenters. The number of aryl methyl sites for hydroxylation is 1. The zero-order chi connectivity index (χ0) is 20.8. The summed E-state index contributed by atoms with van der Waals surface area (Å²) in [6.07, 6.45) is 0. The van der Waals surface area contributed by atoms with Crippen LogP contribution in [0.5, 0.6) is 11.5 Å². The maximum Gasteiger partial charge on any atom is 0.267 e. The standard InChI is InChI=1S/C18H18N4O4S3/c1-10-6-14(27-8-10)16(24)20-17-21-22-18(29-17)28-9-15(23)19-11-4-5-12(25-2)13(7-11)26-3/h4-8H,9H2,1-3H3,(H,19,23)(H,20,21,24). The van der Waals surface area contributed by atoms with Crippen LogP contribution in [-0.4, -0.2) is 42.0 Å². The number of rotatable bonds is 8. The lowest BCUT2D eigenvalue weighted by atomic mass is 10.2. The van der Waals surface area contributed by atoms with Crippen molar-refractivity contribution in [3.8, 4) is 11.5 Å². The number of aromatic nitrogens is 2. The first-order chi connectivity index (χ1) is 14.0. The van der Waals surface area contributed by atoms with E-state index in [1.54, 1.807) is 25.3 Å². The van der Waals surface area contributed by atoms with E-state index in [0.29, 0.717) is 31.5 Å². The minimum absolute atomic E-state index is 0.154. The third-order valence-electron chi connectivity index (χ3n) is 3.58. The lowest BCUT2D eigenvalue weighted by Crippen LogP contribution is -2.14. The number of hydrogen-bond acceptors (Lipinski definition) is 9. The maximum atomic E-state index is 12.2. The van der Waals surface area contributed by atoms with Crippen molar-refractivity contribution < 1.29 is 19.1 Å². The highest BCUT2D eigenvalue weighted by Gasteiger charge is 2.13. The van der Waals surface area contributed by atoms with E-state index in [1.807, 2.05) is 18.4 Å². The molecule has 2 amide bonds. The number of anilines is 2. The molecule has 0 unspecified atom stereocenters. The summed E-state index contributed by atoms with van der Waals surface area (Å²) >= 11 is 3.83. The van der Waals surface area contributed by atoms with Crippen molar-refractivity contribution in [2.75, 3.05) is 30.6 Å². The van der Waals surface area contributed by atoms with Gasteiger partial charge in [0, 0.05) is 11.8 Å². The van der Waals surface area contributed by atoms with Gasteiger partial charge in [-0.3, -0.25) is 14.9 Å². The van der Waals surface area contributed by atoms with E-state index in [0.717, 1.165) is 5.56 Å². The molecule has 3 aromatic rings. The van der Waals surface area contributed by atoms with E-state index >= 15 is 0 Å². The molecule has 0 aliphatic rings. The first-order valence-electron chi connectivity index (χ1n) is 8.33. The molecule has 8 nitrogen and oxygen atoms in total. The van der Waals surface area contributed by atoms with Gasteiger partial charge in [0.2, 0.25) is 11.0 Å². The van der Waals surface area contributed by atoms with Crippen molar-refractivity contribution in [2.45, 2.75) is 11.3 Å². The Hall–Kier alpha value is -2.63. The van der Waals surface area contributed by atoms with Gasteiger partial charge in [-0.2, -0.15) is 0 Å². The van der Waals surface area contributed by atoms with Crippen LogP contribution in [0.4, 0.5) is 10.8 Å². The Morgan fingerprint density at radius 1 is 1.10 bits per heavy atom. The molecule has 1 aromatic carbocycles. The summed E-state index contributed by atoms with van der Waals surface area (Å²) in [5.41, 5.74) is 1.64. The monoisotopic (exact) mass is 450 g/mol. The highest BCUT2D eigenvalue weighted by Crippen LogP contribution is 2.30. The molecule has 0 aliphatic carbocycles. The van der Waals surface area contributed by atoms with E-state index in [2.05, 4.69) is 20.8 Å². The van der Waals surface area contributed by atoms with Crippen LogP contribution in [0.2, 0.25) is 0 Å². The summed E-state index contributed by atoms with van der Waals surface area (Å²) in [5, 5.41) is 15.8. The summed E-state index contributed by atoms with van der Waals surface area (Å²) in [4.78, 5) is 25.0. The number of thioether (sulfide) groups is 1. The van der Waals surface area contributed by atoms with Gasteiger partial charge in [-0.05, 0) is 36.1 Å². The minimum Gasteiger partial charge on any atom is -0.493 e. The number of nitrogens with one attached hydrogen (secondary N) is 2. The number of methoxy groups -OCH3 is 2. The second-order valence-corrected chi connectivity index (χ2v) is 8.83. The quantitative estimate of drug-likeness (QED) is 0.396. The third-order valence-corrected chi connectivity index (χ3v) is 6.59. The molecule has 0 saturated heterocycles. The Morgan fingerprint density at radius 2 is 1.90 bits per heavy atom. The lowest BCUT2D eigenvalue weighted by molar-refractivity contribution is -0.113. The van der Waals surface area contributed by atoms with Gasteiger partial charge in [0.05, 0.1) is 24.8 Å². The number of ether oxygens (including phenoxy) is 2. The Kier molecular flexibility index (Phi) is 7.07. The first kappa shape index (κ1) is 21.1. The topological polar surface area (TPSA) is 102 Å². The molecule has 0 aliphatic heterocycles. The van der Waals surface area contributed by atoms with E-state index in [9.17, 15) is 9.59 Å². The molecule has 3 rings (SSSR count). The predicted molar refractivity (Wildman–Crippen MR) is 116 cm³/mol. The molecule has 29 heavy (non-hydrogen) atoms. The first-order valence-corrected chi connectivity index (χ1v) is 11.0. The van der Waals surface area contributed by atoms with Crippen LogP contribution in [0.15, 0.2) is 34.0 Å². The molecule has 11 heteroatoms. The number of carbonyl (C=O) groups is 2. The van der Waals surface area contributed by atoms with Crippen molar-refractivity contribution in [1.82, 2.24) is 10.2 Å². The van der Waals surface area contributed by atoms with Crippen LogP contribution in [0, 0.1) is 6.92 Å². The fraction of sp³-hybridized carbons (Fsp3) is 0.222. The van der Waals surface area contributed by atoms with E-state index < -0.39 is 0 Å². The fourth-order valence-electron chi connectivity index (χ4n) is 2.27. The molecular formula is C18H18N4O4S3. The average molecular weight is 451 g/mol. The number of nitrogens with zero attached hydrogens (tertiary/aromatic N) is 2. The molecule has 0 saturated carbocycles. The van der Waals surface area contributed by atoms with Gasteiger partial charge in [0.25, 0.3) is 5.91 Å². The lowest BCUT2D eigenvalue weighted by Gasteiger charge is -2.10. The second kappa shape index (κ2) is 9.72. The molecule has 0 bridgehead atoms. The second-order valence-electron chi connectivity index (χ2n) is 5.72. The minimum atomic E-state index is -0.220. The van der Waals surface area contributed by atoms with Gasteiger partial charge in [-0.25, -0.2) is 0 Å². The summed E-state index contributed by atoms with van der Waals surface area (Å²) < 4.78 is 11.0. The summed E-state index contributed by atoms with van der Waals surface area (Å²) in [7, 11) is 3.08. The molecule has 152 valence electrons. The van der Waals surface area contributed by atoms with Crippen molar-refractivity contribution in [3.05, 3.63) is 40.1 Å². The van der Waals surface area contributed by atoms with E-state index in [4.69, 9.17) is 9.47 Å². The molecule has 2 aromatic heterocycles. The van der Waals surface area contributed by atoms with Gasteiger partial charge in [0.15, 0.2) is 15.8 Å². The normalized spacial score (nSPS) is 10.4. The van der Waals surface area contributed by atoms with E-state index in [1.165, 1.54) is 41.5 Å². The smallest absolute Gasteiger partial charge is 0.267 e. The van der Waals surface area contributed by atoms with Crippen molar-refractivity contribution >= 4 is 57.1 Å². The SMILES string of the molecule is COc1ccc(NC(=O)CSc2nnc(NC(=O)c3cc(C)cs3)s2)cc1OC. The number of benzene rings is 1. The summed E-state index contributed by atoms with van der Waals surface area (Å²) in [6.45, 7) is 1.93. The van der Waals surface area contributed by atoms with Crippen LogP contribution < -0.4 is 20.1 Å². The largest absolute Gasteiger partial charge is 0.493 e. The number of carbonyl (C=O) groups excluding carboxylic acids is 2. The van der Waals surface area contributed by atoms with Gasteiger partial charge in [-0.1, -0.05) is 23.1 Å². The Bertz CT molecular complexity index is 1020. The van der Waals surface area contributed by atoms with Crippen LogP contribution in [-0.2, 0) is 4.79 Å². The Morgan fingerprint density at radius 3 is 2.59 bits per heavy atom. The Balaban J connectivity index is 1.51. The molecule has 0 spiro atoms. The summed E-state index contributed by atoms with van der Waals surface area (Å²) in [6, 6.07) is 6.95. The maximum absolute atomic E-state index is 12.2. The zero-order valence-corrected chi connectivity index (χ0v) is 18.3. The van der Waals surface area contributed by atoms with Crippen molar-refractivity contribution in [1.29, 1.82) is 0 Å². The third kappa shape index (κ3) is 5.68. The van der Waals surface area contributed by atoms with Crippen molar-refractivity contribution in [2.24, 2.45) is 0 Å². The zero-order valence-electron chi connectivity index (χ0n) is 15.8. The van der Waals surface area contributed by atoms with Gasteiger partial charge >= 0.3 is 0 Å². The molecular weight excluding hydrogens is 432 g/mol. The number of hydrogen-bond donors (Lipinski definition) is 2. The van der Waals surface area contributed by atoms with Crippen molar-refractivity contribution in [3.63, 3.8) is 0 Å². The highest BCUT2D eigenvalue weighted by molar-refractivity contribution is 8.01. The number of thiophene rings is 1. The molecule has 0 fully saturated rings. The van der Waals surface area contributed by atoms with Crippen LogP contribution in [0.1, 0.15) is 15.2 Å². The van der Waals surface area contributed by atoms with Crippen LogP contribution in [0.3, 0.4) is 0 Å². The molecule has 0 radical (unpaired) electrons. The predicted octanol–water partition coefficient (Wildman–Crippen LogP) is 3.91. The molecule has 2 N–H and O–H groups in total. The van der Waals surface area contributed by atoms with Gasteiger partial charge in [-0.15, -0.1) is 21.5 Å². The van der Waals surface area contributed by atoms with Crippen LogP contribution in [0.25, 0.3) is 0 Å². The Labute approximate surface area is 179 Å². The van der Waals surface area contributed by atoms with E-state index in [-0.39, 0.29) is 17.6 Å². The van der Waals surface area contributed by atoms with Gasteiger partial charge in [0.1, 0.15) is 0 Å². The van der Waals surface area contributed by atoms with Crippen LogP contribution >= 0.6 is 34.4 Å². The van der Waals surface area contributed by atoms with Gasteiger partial charge < -0.3 is 14.8 Å². The fourth-order valence-corrected chi connectivity index (χ4v) is 4.61. The summed E-state index contributed by atoms with van der Waals surface area (Å²) in [5.74, 6) is 0.851. The highest BCUT2D eigenvalue weighted by atomic mass is 32.2. The average Bonchev–Trinajstić information content (AvgIpc) is 3.35. The molecule has 2 heterocycles.